The van der Waals surface area contributed by atoms with E-state index in [2.05, 4.69) is 0 Å². The van der Waals surface area contributed by atoms with E-state index in [1.807, 2.05) is 0 Å². The van der Waals surface area contributed by atoms with Gasteiger partial charge in [-0.25, -0.2) is 9.29 Å². The molecule has 0 aliphatic carbocycles. The van der Waals surface area contributed by atoms with Gasteiger partial charge in [-0.2, -0.15) is 0 Å². The first-order valence-corrected chi connectivity index (χ1v) is 4.10. The van der Waals surface area contributed by atoms with Gasteiger partial charge in [0.15, 0.2) is 0 Å². The van der Waals surface area contributed by atoms with Gasteiger partial charge in [-0.05, 0) is 12.1 Å². The van der Waals surface area contributed by atoms with Crippen LogP contribution in [-0.2, 0) is 9.59 Å². The Morgan fingerprint density at radius 3 is 2.07 bits per heavy atom. The predicted octanol–water partition coefficient (Wildman–Crippen LogP) is 1.73. The van der Waals surface area contributed by atoms with Crippen molar-refractivity contribution in [2.45, 2.75) is 13.8 Å². The normalized spacial score (nSPS) is 9.64. The smallest absolute Gasteiger partial charge is 0.230 e. The lowest BCUT2D eigenvalue weighted by molar-refractivity contribution is -0.124. The van der Waals surface area contributed by atoms with Crippen molar-refractivity contribution in [3.63, 3.8) is 0 Å². The third-order valence-electron chi connectivity index (χ3n) is 1.72. The van der Waals surface area contributed by atoms with Crippen molar-refractivity contribution in [3.05, 3.63) is 30.1 Å². The molecule has 2 amide bonds. The van der Waals surface area contributed by atoms with E-state index in [-0.39, 0.29) is 5.69 Å². The van der Waals surface area contributed by atoms with Gasteiger partial charge < -0.3 is 0 Å². The lowest BCUT2D eigenvalue weighted by Crippen LogP contribution is -2.33. The highest BCUT2D eigenvalue weighted by atomic mass is 19.1. The first-order valence-electron chi connectivity index (χ1n) is 4.10. The quantitative estimate of drug-likeness (QED) is 0.684. The Hall–Kier alpha value is -1.71. The molecule has 0 radical (unpaired) electrons. The summed E-state index contributed by atoms with van der Waals surface area (Å²) in [6.07, 6.45) is 0. The summed E-state index contributed by atoms with van der Waals surface area (Å²) >= 11 is 0. The number of carbonyl (C=O) groups excluding carboxylic acids is 2. The molecule has 0 aliphatic rings. The molecule has 0 saturated carbocycles. The summed E-state index contributed by atoms with van der Waals surface area (Å²) in [6, 6.07) is 5.65. The number of amides is 2. The summed E-state index contributed by atoms with van der Waals surface area (Å²) in [5.74, 6) is -1.58. The van der Waals surface area contributed by atoms with Crippen LogP contribution in [0, 0.1) is 5.82 Å². The Morgan fingerprint density at radius 1 is 1.14 bits per heavy atom. The molecular weight excluding hydrogens is 185 g/mol. The molecule has 0 spiro atoms. The van der Waals surface area contributed by atoms with E-state index in [4.69, 9.17) is 0 Å². The number of halogens is 1. The fourth-order valence-electron chi connectivity index (χ4n) is 1.19. The number of benzene rings is 1. The van der Waals surface area contributed by atoms with Crippen LogP contribution in [0.2, 0.25) is 0 Å². The van der Waals surface area contributed by atoms with Crippen molar-refractivity contribution < 1.29 is 14.0 Å². The first kappa shape index (κ1) is 10.4. The molecule has 74 valence electrons. The fourth-order valence-corrected chi connectivity index (χ4v) is 1.19. The van der Waals surface area contributed by atoms with Gasteiger partial charge >= 0.3 is 0 Å². The van der Waals surface area contributed by atoms with E-state index in [1.165, 1.54) is 32.0 Å². The minimum Gasteiger partial charge on any atom is -0.274 e. The molecule has 1 aromatic carbocycles. The molecule has 0 aliphatic heterocycles. The van der Waals surface area contributed by atoms with E-state index in [0.717, 1.165) is 4.90 Å². The average molecular weight is 195 g/mol. The summed E-state index contributed by atoms with van der Waals surface area (Å²) in [7, 11) is 0. The summed E-state index contributed by atoms with van der Waals surface area (Å²) in [5.41, 5.74) is -0.00694. The van der Waals surface area contributed by atoms with Gasteiger partial charge in [-0.1, -0.05) is 12.1 Å². The lowest BCUT2D eigenvalue weighted by atomic mass is 10.2. The number of hydrogen-bond acceptors (Lipinski definition) is 2. The van der Waals surface area contributed by atoms with E-state index in [9.17, 15) is 14.0 Å². The maximum absolute atomic E-state index is 13.2. The van der Waals surface area contributed by atoms with Crippen LogP contribution in [0.3, 0.4) is 0 Å². The number of nitrogens with zero attached hydrogens (tertiary/aromatic N) is 1. The molecule has 1 rings (SSSR count). The summed E-state index contributed by atoms with van der Waals surface area (Å²) < 4.78 is 13.2. The molecule has 0 N–H and O–H groups in total. The third-order valence-corrected chi connectivity index (χ3v) is 1.72. The van der Waals surface area contributed by atoms with Crippen molar-refractivity contribution in [2.24, 2.45) is 0 Å². The Balaban J connectivity index is 3.18. The number of imide groups is 1. The third kappa shape index (κ3) is 1.96. The maximum Gasteiger partial charge on any atom is 0.230 e. The molecule has 0 heterocycles. The van der Waals surface area contributed by atoms with Crippen LogP contribution in [0.5, 0.6) is 0 Å². The van der Waals surface area contributed by atoms with Crippen LogP contribution in [-0.4, -0.2) is 11.8 Å². The van der Waals surface area contributed by atoms with Crippen LogP contribution in [0.25, 0.3) is 0 Å². The number of para-hydroxylation sites is 1. The summed E-state index contributed by atoms with van der Waals surface area (Å²) in [5, 5.41) is 0. The zero-order valence-corrected chi connectivity index (χ0v) is 7.95. The Labute approximate surface area is 81.1 Å². The van der Waals surface area contributed by atoms with Crippen molar-refractivity contribution in [3.8, 4) is 0 Å². The largest absolute Gasteiger partial charge is 0.274 e. The second kappa shape index (κ2) is 4.00. The highest BCUT2D eigenvalue weighted by Gasteiger charge is 2.18. The van der Waals surface area contributed by atoms with E-state index in [1.54, 1.807) is 6.07 Å². The van der Waals surface area contributed by atoms with Crippen molar-refractivity contribution in [1.29, 1.82) is 0 Å². The van der Waals surface area contributed by atoms with Crippen LogP contribution < -0.4 is 4.90 Å². The minimum absolute atomic E-state index is 0.00694. The topological polar surface area (TPSA) is 37.4 Å². The van der Waals surface area contributed by atoms with Crippen LogP contribution in [0.15, 0.2) is 24.3 Å². The molecule has 0 aromatic heterocycles. The molecule has 3 nitrogen and oxygen atoms in total. The van der Waals surface area contributed by atoms with Crippen LogP contribution >= 0.6 is 0 Å². The Kier molecular flexibility index (Phi) is 2.96. The Bertz CT molecular complexity index is 362. The molecule has 1 aromatic rings. The number of carbonyl (C=O) groups is 2. The summed E-state index contributed by atoms with van der Waals surface area (Å²) in [4.78, 5) is 23.0. The van der Waals surface area contributed by atoms with Gasteiger partial charge in [0.25, 0.3) is 0 Å². The molecule has 0 bridgehead atoms. The van der Waals surface area contributed by atoms with Gasteiger partial charge in [0, 0.05) is 13.8 Å². The van der Waals surface area contributed by atoms with E-state index in [0.29, 0.717) is 0 Å². The van der Waals surface area contributed by atoms with Gasteiger partial charge in [0.05, 0.1) is 5.69 Å². The second-order valence-electron chi connectivity index (χ2n) is 2.82. The average Bonchev–Trinajstić information content (AvgIpc) is 2.07. The number of rotatable bonds is 1. The zero-order valence-electron chi connectivity index (χ0n) is 7.95. The number of hydrogen-bond donors (Lipinski definition) is 0. The molecule has 0 fully saturated rings. The number of anilines is 1. The van der Waals surface area contributed by atoms with Crippen molar-refractivity contribution in [1.82, 2.24) is 0 Å². The van der Waals surface area contributed by atoms with Crippen molar-refractivity contribution >= 4 is 17.5 Å². The molecule has 0 atom stereocenters. The standard InChI is InChI=1S/C10H10FNO2/c1-7(13)12(8(2)14)10-6-4-3-5-9(10)11/h3-6H,1-2H3. The molecule has 0 saturated heterocycles. The van der Waals surface area contributed by atoms with E-state index >= 15 is 0 Å². The fraction of sp³-hybridized carbons (Fsp3) is 0.200. The molecule has 0 unspecified atom stereocenters. The highest BCUT2D eigenvalue weighted by Crippen LogP contribution is 2.18. The van der Waals surface area contributed by atoms with Gasteiger partial charge in [0.1, 0.15) is 5.82 Å². The SMILES string of the molecule is CC(=O)N(C(C)=O)c1ccccc1F. The first-order chi connectivity index (χ1) is 6.54. The van der Waals surface area contributed by atoms with Crippen LogP contribution in [0.1, 0.15) is 13.8 Å². The van der Waals surface area contributed by atoms with Gasteiger partial charge in [-0.15, -0.1) is 0 Å². The van der Waals surface area contributed by atoms with Gasteiger partial charge in [0.2, 0.25) is 11.8 Å². The second-order valence-corrected chi connectivity index (χ2v) is 2.82. The molecule has 4 heteroatoms. The summed E-state index contributed by atoms with van der Waals surface area (Å²) in [6.45, 7) is 2.43. The zero-order chi connectivity index (χ0) is 10.7. The Morgan fingerprint density at radius 2 is 1.64 bits per heavy atom. The lowest BCUT2D eigenvalue weighted by Gasteiger charge is -2.17. The van der Waals surface area contributed by atoms with E-state index < -0.39 is 17.6 Å². The van der Waals surface area contributed by atoms with Crippen molar-refractivity contribution in [2.75, 3.05) is 4.90 Å². The van der Waals surface area contributed by atoms with Gasteiger partial charge in [-0.3, -0.25) is 9.59 Å². The van der Waals surface area contributed by atoms with Crippen LogP contribution in [0.4, 0.5) is 10.1 Å². The predicted molar refractivity (Wildman–Crippen MR) is 50.2 cm³/mol. The maximum atomic E-state index is 13.2. The highest BCUT2D eigenvalue weighted by molar-refractivity contribution is 6.13. The minimum atomic E-state index is -0.585. The monoisotopic (exact) mass is 195 g/mol. The molecule has 14 heavy (non-hydrogen) atoms. The molecular formula is C10H10FNO2.